The van der Waals surface area contributed by atoms with E-state index >= 15 is 0 Å². The van der Waals surface area contributed by atoms with Crippen LogP contribution in [-0.2, 0) is 0 Å². The molecule has 1 saturated carbocycles. The Morgan fingerprint density at radius 1 is 1.64 bits per heavy atom. The largest absolute Gasteiger partial charge is 0.352 e. The number of aromatic amines is 1. The SMILES string of the molecule is NC(c1c[nH]c(Cl)c1)C1CC1. The second-order valence-corrected chi connectivity index (χ2v) is 3.55. The van der Waals surface area contributed by atoms with Gasteiger partial charge in [-0.2, -0.15) is 0 Å². The van der Waals surface area contributed by atoms with Crippen molar-refractivity contribution in [3.05, 3.63) is 23.0 Å². The van der Waals surface area contributed by atoms with Crippen LogP contribution in [0.15, 0.2) is 12.3 Å². The van der Waals surface area contributed by atoms with Crippen LogP contribution in [-0.4, -0.2) is 4.98 Å². The van der Waals surface area contributed by atoms with E-state index < -0.39 is 0 Å². The minimum atomic E-state index is 0.193. The molecule has 11 heavy (non-hydrogen) atoms. The van der Waals surface area contributed by atoms with Gasteiger partial charge in [-0.25, -0.2) is 0 Å². The highest BCUT2D eigenvalue weighted by Crippen LogP contribution is 2.39. The van der Waals surface area contributed by atoms with Crippen LogP contribution in [0.2, 0.25) is 5.15 Å². The van der Waals surface area contributed by atoms with Crippen LogP contribution in [0.3, 0.4) is 0 Å². The Bertz CT molecular complexity index is 252. The fraction of sp³-hybridized carbons (Fsp3) is 0.500. The number of nitrogens with two attached hydrogens (primary N) is 1. The molecule has 1 aliphatic carbocycles. The lowest BCUT2D eigenvalue weighted by Gasteiger charge is -2.05. The summed E-state index contributed by atoms with van der Waals surface area (Å²) in [5.41, 5.74) is 7.07. The lowest BCUT2D eigenvalue weighted by Crippen LogP contribution is -2.10. The number of H-pyrrole nitrogens is 1. The molecule has 1 aromatic rings. The van der Waals surface area contributed by atoms with Gasteiger partial charge in [0.2, 0.25) is 0 Å². The highest BCUT2D eigenvalue weighted by molar-refractivity contribution is 6.29. The molecule has 3 heteroatoms. The minimum absolute atomic E-state index is 0.193. The van der Waals surface area contributed by atoms with Gasteiger partial charge in [-0.15, -0.1) is 0 Å². The zero-order chi connectivity index (χ0) is 7.84. The Balaban J connectivity index is 2.14. The summed E-state index contributed by atoms with van der Waals surface area (Å²) >= 11 is 5.72. The van der Waals surface area contributed by atoms with Crippen molar-refractivity contribution in [2.75, 3.05) is 0 Å². The predicted molar refractivity (Wildman–Crippen MR) is 45.5 cm³/mol. The number of nitrogens with one attached hydrogen (secondary N) is 1. The molecule has 0 spiro atoms. The Hall–Kier alpha value is -0.470. The van der Waals surface area contributed by atoms with Gasteiger partial charge >= 0.3 is 0 Å². The van der Waals surface area contributed by atoms with Crippen LogP contribution in [0.25, 0.3) is 0 Å². The van der Waals surface area contributed by atoms with Gasteiger partial charge in [0.25, 0.3) is 0 Å². The summed E-state index contributed by atoms with van der Waals surface area (Å²) in [6.45, 7) is 0. The molecule has 1 atom stereocenters. The summed E-state index contributed by atoms with van der Waals surface area (Å²) in [4.78, 5) is 2.92. The third-order valence-corrected chi connectivity index (χ3v) is 2.40. The lowest BCUT2D eigenvalue weighted by molar-refractivity contribution is 0.634. The molecule has 1 aliphatic rings. The molecule has 2 nitrogen and oxygen atoms in total. The van der Waals surface area contributed by atoms with E-state index in [1.165, 1.54) is 12.8 Å². The zero-order valence-electron chi connectivity index (χ0n) is 6.18. The summed E-state index contributed by atoms with van der Waals surface area (Å²) in [5, 5.41) is 0.677. The van der Waals surface area contributed by atoms with Crippen molar-refractivity contribution in [2.45, 2.75) is 18.9 Å². The molecular formula is C8H11ClN2. The Labute approximate surface area is 70.7 Å². The van der Waals surface area contributed by atoms with Gasteiger partial charge in [0.05, 0.1) is 0 Å². The zero-order valence-corrected chi connectivity index (χ0v) is 6.93. The molecule has 0 amide bonds. The van der Waals surface area contributed by atoms with Crippen molar-refractivity contribution in [3.8, 4) is 0 Å². The monoisotopic (exact) mass is 170 g/mol. The maximum absolute atomic E-state index is 5.93. The van der Waals surface area contributed by atoms with E-state index in [-0.39, 0.29) is 6.04 Å². The number of rotatable bonds is 2. The highest BCUT2D eigenvalue weighted by Gasteiger charge is 2.29. The first kappa shape index (κ1) is 7.19. The fourth-order valence-electron chi connectivity index (χ4n) is 1.30. The molecule has 0 aromatic carbocycles. The van der Waals surface area contributed by atoms with Gasteiger partial charge in [0.1, 0.15) is 5.15 Å². The van der Waals surface area contributed by atoms with Crippen molar-refractivity contribution < 1.29 is 0 Å². The Morgan fingerprint density at radius 2 is 2.36 bits per heavy atom. The van der Waals surface area contributed by atoms with E-state index in [1.807, 2.05) is 12.3 Å². The topological polar surface area (TPSA) is 41.8 Å². The van der Waals surface area contributed by atoms with Gasteiger partial charge < -0.3 is 10.7 Å². The summed E-state index contributed by atoms with van der Waals surface area (Å²) < 4.78 is 0. The number of hydrogen-bond acceptors (Lipinski definition) is 1. The van der Waals surface area contributed by atoms with Gasteiger partial charge in [0.15, 0.2) is 0 Å². The maximum Gasteiger partial charge on any atom is 0.106 e. The standard InChI is InChI=1S/C8H11ClN2/c9-7-3-6(4-11-7)8(10)5-1-2-5/h3-5,8,11H,1-2,10H2. The number of aromatic nitrogens is 1. The molecule has 60 valence electrons. The third kappa shape index (κ3) is 1.42. The molecule has 1 heterocycles. The van der Waals surface area contributed by atoms with E-state index in [9.17, 15) is 0 Å². The molecule has 1 fully saturated rings. The molecule has 0 aliphatic heterocycles. The smallest absolute Gasteiger partial charge is 0.106 e. The molecule has 0 saturated heterocycles. The third-order valence-electron chi connectivity index (χ3n) is 2.18. The van der Waals surface area contributed by atoms with Crippen LogP contribution in [0.1, 0.15) is 24.4 Å². The first-order valence-corrected chi connectivity index (χ1v) is 4.24. The fourth-order valence-corrected chi connectivity index (χ4v) is 1.48. The molecule has 0 radical (unpaired) electrons. The predicted octanol–water partition coefficient (Wildman–Crippen LogP) is 2.08. The minimum Gasteiger partial charge on any atom is -0.352 e. The van der Waals surface area contributed by atoms with Crippen LogP contribution < -0.4 is 5.73 Å². The first-order chi connectivity index (χ1) is 5.27. The summed E-state index contributed by atoms with van der Waals surface area (Å²) in [5.74, 6) is 0.696. The van der Waals surface area contributed by atoms with Gasteiger partial charge in [-0.3, -0.25) is 0 Å². The van der Waals surface area contributed by atoms with Crippen molar-refractivity contribution in [1.82, 2.24) is 4.98 Å². The van der Waals surface area contributed by atoms with Crippen molar-refractivity contribution >= 4 is 11.6 Å². The molecule has 3 N–H and O–H groups in total. The number of hydrogen-bond donors (Lipinski definition) is 2. The van der Waals surface area contributed by atoms with Crippen molar-refractivity contribution in [1.29, 1.82) is 0 Å². The van der Waals surface area contributed by atoms with Crippen molar-refractivity contribution in [3.63, 3.8) is 0 Å². The summed E-state index contributed by atoms with van der Waals surface area (Å²) in [6.07, 6.45) is 4.43. The summed E-state index contributed by atoms with van der Waals surface area (Å²) in [6, 6.07) is 2.10. The lowest BCUT2D eigenvalue weighted by atomic mass is 10.1. The van der Waals surface area contributed by atoms with E-state index in [0.29, 0.717) is 11.1 Å². The van der Waals surface area contributed by atoms with Crippen LogP contribution in [0.5, 0.6) is 0 Å². The summed E-state index contributed by atoms with van der Waals surface area (Å²) in [7, 11) is 0. The molecule has 1 aromatic heterocycles. The van der Waals surface area contributed by atoms with Crippen LogP contribution in [0.4, 0.5) is 0 Å². The van der Waals surface area contributed by atoms with E-state index in [2.05, 4.69) is 4.98 Å². The van der Waals surface area contributed by atoms with E-state index in [0.717, 1.165) is 5.56 Å². The van der Waals surface area contributed by atoms with Crippen LogP contribution in [0, 0.1) is 5.92 Å². The van der Waals surface area contributed by atoms with Gasteiger partial charge in [0, 0.05) is 12.2 Å². The molecule has 2 rings (SSSR count). The second-order valence-electron chi connectivity index (χ2n) is 3.14. The van der Waals surface area contributed by atoms with E-state index in [4.69, 9.17) is 17.3 Å². The first-order valence-electron chi connectivity index (χ1n) is 3.87. The average Bonchev–Trinajstić information content (AvgIpc) is 2.74. The second kappa shape index (κ2) is 2.54. The van der Waals surface area contributed by atoms with Crippen LogP contribution >= 0.6 is 11.6 Å². The molecule has 0 bridgehead atoms. The van der Waals surface area contributed by atoms with Crippen molar-refractivity contribution in [2.24, 2.45) is 11.7 Å². The van der Waals surface area contributed by atoms with Gasteiger partial charge in [-0.1, -0.05) is 11.6 Å². The highest BCUT2D eigenvalue weighted by atomic mass is 35.5. The Kier molecular flexibility index (Phi) is 1.66. The average molecular weight is 171 g/mol. The number of halogens is 1. The normalized spacial score (nSPS) is 20.2. The quantitative estimate of drug-likeness (QED) is 0.701. The Morgan fingerprint density at radius 3 is 2.82 bits per heavy atom. The molecular weight excluding hydrogens is 160 g/mol. The van der Waals surface area contributed by atoms with Gasteiger partial charge in [-0.05, 0) is 30.4 Å². The van der Waals surface area contributed by atoms with E-state index in [1.54, 1.807) is 0 Å². The molecule has 1 unspecified atom stereocenters. The maximum atomic E-state index is 5.93.